The minimum absolute atomic E-state index is 0.0555. The molecule has 0 atom stereocenters. The molecule has 0 saturated carbocycles. The van der Waals surface area contributed by atoms with Crippen LogP contribution in [0.15, 0.2) is 67.0 Å². The molecule has 0 aliphatic heterocycles. The molecular formula is C20H19N5O. The molecule has 0 unspecified atom stereocenters. The molecule has 2 aromatic carbocycles. The molecule has 0 radical (unpaired) electrons. The second-order valence-electron chi connectivity index (χ2n) is 6.22. The number of hydrogen-bond donors (Lipinski definition) is 1. The van der Waals surface area contributed by atoms with Crippen molar-refractivity contribution in [1.82, 2.24) is 24.9 Å². The number of aromatic nitrogens is 4. The minimum Gasteiger partial charge on any atom is -0.349 e. The molecule has 1 N–H and O–H groups in total. The summed E-state index contributed by atoms with van der Waals surface area (Å²) in [5.41, 5.74) is 3.89. The zero-order valence-corrected chi connectivity index (χ0v) is 14.5. The summed E-state index contributed by atoms with van der Waals surface area (Å²) in [5.74, 6) is -0.0555. The van der Waals surface area contributed by atoms with Crippen LogP contribution in [0.5, 0.6) is 0 Å². The van der Waals surface area contributed by atoms with Crippen molar-refractivity contribution >= 4 is 16.8 Å². The third-order valence-electron chi connectivity index (χ3n) is 4.33. The van der Waals surface area contributed by atoms with Gasteiger partial charge < -0.3 is 9.88 Å². The normalized spacial score (nSPS) is 11.0. The summed E-state index contributed by atoms with van der Waals surface area (Å²) in [6.07, 6.45) is 3.83. The van der Waals surface area contributed by atoms with Gasteiger partial charge in [0.2, 0.25) is 5.91 Å². The Morgan fingerprint density at radius 2 is 1.81 bits per heavy atom. The summed E-state index contributed by atoms with van der Waals surface area (Å²) in [7, 11) is 0. The van der Waals surface area contributed by atoms with Crippen LogP contribution in [0.1, 0.15) is 11.3 Å². The van der Waals surface area contributed by atoms with Gasteiger partial charge in [-0.05, 0) is 30.7 Å². The highest BCUT2D eigenvalue weighted by atomic mass is 16.1. The summed E-state index contributed by atoms with van der Waals surface area (Å²) >= 11 is 0. The van der Waals surface area contributed by atoms with Crippen LogP contribution in [0.4, 0.5) is 0 Å². The molecule has 0 aliphatic carbocycles. The van der Waals surface area contributed by atoms with Crippen LogP contribution in [0, 0.1) is 6.92 Å². The Kier molecular flexibility index (Phi) is 4.23. The van der Waals surface area contributed by atoms with Crippen LogP contribution in [0.2, 0.25) is 0 Å². The Morgan fingerprint density at radius 3 is 2.65 bits per heavy atom. The van der Waals surface area contributed by atoms with Crippen LogP contribution < -0.4 is 5.32 Å². The topological polar surface area (TPSA) is 64.7 Å². The summed E-state index contributed by atoms with van der Waals surface area (Å²) in [6, 6.07) is 17.8. The van der Waals surface area contributed by atoms with Gasteiger partial charge >= 0.3 is 0 Å². The van der Waals surface area contributed by atoms with Crippen molar-refractivity contribution in [3.8, 4) is 5.69 Å². The average Bonchev–Trinajstić information content (AvgIpc) is 3.27. The van der Waals surface area contributed by atoms with Crippen LogP contribution in [0.3, 0.4) is 0 Å². The first-order chi connectivity index (χ1) is 12.7. The largest absolute Gasteiger partial charge is 0.349 e. The molecule has 0 spiro atoms. The molecule has 130 valence electrons. The maximum Gasteiger partial charge on any atom is 0.240 e. The zero-order chi connectivity index (χ0) is 17.9. The lowest BCUT2D eigenvalue weighted by molar-refractivity contribution is -0.121. The van der Waals surface area contributed by atoms with E-state index < -0.39 is 0 Å². The number of nitrogens with one attached hydrogen (secondary N) is 1. The molecule has 0 aliphatic rings. The van der Waals surface area contributed by atoms with E-state index in [-0.39, 0.29) is 12.5 Å². The number of aryl methyl sites for hydroxylation is 1. The standard InChI is InChI=1S/C20H19N5O/c1-15-12-24(19-10-6-5-9-18(15)19)14-20(26)21-11-16-13-25(23-22-16)17-7-3-2-4-8-17/h2-10,12-13H,11,14H2,1H3,(H,21,26). The van der Waals surface area contributed by atoms with Gasteiger partial charge in [-0.25, -0.2) is 4.68 Å². The van der Waals surface area contributed by atoms with Gasteiger partial charge in [-0.2, -0.15) is 0 Å². The molecule has 4 rings (SSSR count). The smallest absolute Gasteiger partial charge is 0.240 e. The van der Waals surface area contributed by atoms with Crippen molar-refractivity contribution in [3.05, 3.63) is 78.2 Å². The fraction of sp³-hybridized carbons (Fsp3) is 0.150. The molecule has 26 heavy (non-hydrogen) atoms. The lowest BCUT2D eigenvalue weighted by Crippen LogP contribution is -2.27. The number of fused-ring (bicyclic) bond motifs is 1. The van der Waals surface area contributed by atoms with Crippen molar-refractivity contribution in [2.75, 3.05) is 0 Å². The number of para-hydroxylation sites is 2. The first-order valence-corrected chi connectivity index (χ1v) is 8.48. The van der Waals surface area contributed by atoms with E-state index in [0.29, 0.717) is 6.54 Å². The van der Waals surface area contributed by atoms with Crippen molar-refractivity contribution in [2.45, 2.75) is 20.0 Å². The molecule has 6 nitrogen and oxygen atoms in total. The second-order valence-corrected chi connectivity index (χ2v) is 6.22. The van der Waals surface area contributed by atoms with Gasteiger partial charge in [0.15, 0.2) is 0 Å². The predicted octanol–water partition coefficient (Wildman–Crippen LogP) is 2.85. The number of hydrogen-bond acceptors (Lipinski definition) is 3. The Bertz CT molecular complexity index is 1050. The first kappa shape index (κ1) is 16.1. The Hall–Kier alpha value is -3.41. The molecule has 1 amide bonds. The monoisotopic (exact) mass is 345 g/mol. The number of nitrogens with zero attached hydrogens (tertiary/aromatic N) is 4. The summed E-state index contributed by atoms with van der Waals surface area (Å²) < 4.78 is 3.67. The maximum absolute atomic E-state index is 12.3. The van der Waals surface area contributed by atoms with E-state index in [4.69, 9.17) is 0 Å². The fourth-order valence-electron chi connectivity index (χ4n) is 3.05. The Balaban J connectivity index is 1.41. The average molecular weight is 345 g/mol. The van der Waals surface area contributed by atoms with E-state index in [0.717, 1.165) is 16.9 Å². The number of rotatable bonds is 5. The van der Waals surface area contributed by atoms with Gasteiger partial charge in [0.05, 0.1) is 18.4 Å². The molecule has 0 saturated heterocycles. The Morgan fingerprint density at radius 1 is 1.04 bits per heavy atom. The summed E-state index contributed by atoms with van der Waals surface area (Å²) in [4.78, 5) is 12.3. The number of carbonyl (C=O) groups is 1. The van der Waals surface area contributed by atoms with Crippen LogP contribution in [-0.2, 0) is 17.9 Å². The summed E-state index contributed by atoms with van der Waals surface area (Å²) in [5, 5.41) is 12.3. The second kappa shape index (κ2) is 6.84. The lowest BCUT2D eigenvalue weighted by Gasteiger charge is -2.06. The zero-order valence-electron chi connectivity index (χ0n) is 14.5. The quantitative estimate of drug-likeness (QED) is 0.605. The highest BCUT2D eigenvalue weighted by Crippen LogP contribution is 2.20. The molecule has 2 heterocycles. The van der Waals surface area contributed by atoms with Crippen molar-refractivity contribution in [2.24, 2.45) is 0 Å². The molecule has 0 fully saturated rings. The molecular weight excluding hydrogens is 326 g/mol. The molecule has 0 bridgehead atoms. The van der Waals surface area contributed by atoms with Crippen LogP contribution in [-0.4, -0.2) is 25.5 Å². The third kappa shape index (κ3) is 3.21. The fourth-order valence-corrected chi connectivity index (χ4v) is 3.05. The van der Waals surface area contributed by atoms with E-state index in [2.05, 4.69) is 28.6 Å². The lowest BCUT2D eigenvalue weighted by atomic mass is 10.2. The molecule has 6 heteroatoms. The van der Waals surface area contributed by atoms with E-state index in [9.17, 15) is 4.79 Å². The van der Waals surface area contributed by atoms with Gasteiger partial charge in [0, 0.05) is 17.1 Å². The van der Waals surface area contributed by atoms with Crippen LogP contribution >= 0.6 is 0 Å². The number of benzene rings is 2. The van der Waals surface area contributed by atoms with Crippen molar-refractivity contribution in [1.29, 1.82) is 0 Å². The van der Waals surface area contributed by atoms with Gasteiger partial charge in [0.25, 0.3) is 0 Å². The molecule has 2 aromatic heterocycles. The van der Waals surface area contributed by atoms with Gasteiger partial charge in [-0.3, -0.25) is 4.79 Å². The van der Waals surface area contributed by atoms with E-state index >= 15 is 0 Å². The van der Waals surface area contributed by atoms with Gasteiger partial charge in [-0.1, -0.05) is 41.6 Å². The number of carbonyl (C=O) groups excluding carboxylic acids is 1. The van der Waals surface area contributed by atoms with E-state index in [1.165, 1.54) is 10.9 Å². The maximum atomic E-state index is 12.3. The highest BCUT2D eigenvalue weighted by molar-refractivity contribution is 5.85. The number of amides is 1. The third-order valence-corrected chi connectivity index (χ3v) is 4.33. The van der Waals surface area contributed by atoms with Crippen molar-refractivity contribution in [3.63, 3.8) is 0 Å². The van der Waals surface area contributed by atoms with E-state index in [1.807, 2.05) is 65.5 Å². The van der Waals surface area contributed by atoms with Gasteiger partial charge in [0.1, 0.15) is 12.2 Å². The first-order valence-electron chi connectivity index (χ1n) is 8.48. The van der Waals surface area contributed by atoms with Crippen molar-refractivity contribution < 1.29 is 4.79 Å². The molecule has 4 aromatic rings. The Labute approximate surface area is 151 Å². The minimum atomic E-state index is -0.0555. The van der Waals surface area contributed by atoms with Gasteiger partial charge in [-0.15, -0.1) is 5.10 Å². The van der Waals surface area contributed by atoms with E-state index in [1.54, 1.807) is 4.68 Å². The predicted molar refractivity (Wildman–Crippen MR) is 99.9 cm³/mol. The van der Waals surface area contributed by atoms with Crippen LogP contribution in [0.25, 0.3) is 16.6 Å². The SMILES string of the molecule is Cc1cn(CC(=O)NCc2cn(-c3ccccc3)nn2)c2ccccc12. The summed E-state index contributed by atoms with van der Waals surface area (Å²) in [6.45, 7) is 2.68. The highest BCUT2D eigenvalue weighted by Gasteiger charge is 2.09.